The predicted octanol–water partition coefficient (Wildman–Crippen LogP) is 20.8. The smallest absolute Gasteiger partial charge is 0.249 e. The van der Waals surface area contributed by atoms with Gasteiger partial charge in [0.15, 0.2) is 0 Å². The van der Waals surface area contributed by atoms with Crippen LogP contribution in [0.5, 0.6) is 0 Å². The molecule has 0 spiro atoms. The molecule has 0 saturated heterocycles. The second-order valence-electron chi connectivity index (χ2n) is 22.7. The van der Waals surface area contributed by atoms with Gasteiger partial charge in [0.25, 0.3) is 0 Å². The van der Waals surface area contributed by atoms with E-state index in [2.05, 4.69) is 31.3 Å². The van der Waals surface area contributed by atoms with Crippen LogP contribution in [0.3, 0.4) is 0 Å². The largest absolute Gasteiger partial charge is 0.394 e. The molecular formula is C66H129NO4. The molecule has 0 bridgehead atoms. The molecule has 0 aliphatic heterocycles. The third kappa shape index (κ3) is 56.4. The van der Waals surface area contributed by atoms with Crippen LogP contribution in [0.2, 0.25) is 0 Å². The number of aliphatic hydroxyl groups is 3. The van der Waals surface area contributed by atoms with Crippen molar-refractivity contribution in [2.24, 2.45) is 0 Å². The summed E-state index contributed by atoms with van der Waals surface area (Å²) in [6.07, 6.45) is 80.2. The molecule has 71 heavy (non-hydrogen) atoms. The molecule has 0 saturated carbocycles. The van der Waals surface area contributed by atoms with E-state index in [4.69, 9.17) is 0 Å². The second-order valence-corrected chi connectivity index (χ2v) is 22.7. The molecule has 0 aromatic carbocycles. The van der Waals surface area contributed by atoms with Crippen molar-refractivity contribution in [1.82, 2.24) is 5.32 Å². The van der Waals surface area contributed by atoms with E-state index in [1.807, 2.05) is 6.08 Å². The van der Waals surface area contributed by atoms with Crippen LogP contribution in [-0.4, -0.2) is 46.1 Å². The number of carbonyl (C=O) groups is 1. The van der Waals surface area contributed by atoms with Gasteiger partial charge in [0.05, 0.1) is 18.8 Å². The number of amides is 1. The van der Waals surface area contributed by atoms with Crippen LogP contribution in [0.4, 0.5) is 0 Å². The zero-order valence-corrected chi connectivity index (χ0v) is 48.4. The summed E-state index contributed by atoms with van der Waals surface area (Å²) in [5, 5.41) is 33.4. The summed E-state index contributed by atoms with van der Waals surface area (Å²) in [6, 6.07) is -0.797. The first-order valence-corrected chi connectivity index (χ1v) is 32.7. The summed E-state index contributed by atoms with van der Waals surface area (Å²) in [5.41, 5.74) is 0. The summed E-state index contributed by atoms with van der Waals surface area (Å²) < 4.78 is 0. The number of carbonyl (C=O) groups excluding carboxylic acids is 1. The molecule has 0 fully saturated rings. The Morgan fingerprint density at radius 1 is 0.338 bits per heavy atom. The fourth-order valence-electron chi connectivity index (χ4n) is 10.5. The molecule has 0 aromatic rings. The van der Waals surface area contributed by atoms with Gasteiger partial charge < -0.3 is 20.6 Å². The molecule has 5 heteroatoms. The molecule has 3 atom stereocenters. The van der Waals surface area contributed by atoms with Crippen molar-refractivity contribution >= 4 is 5.91 Å². The highest BCUT2D eigenvalue weighted by atomic mass is 16.3. The Morgan fingerprint density at radius 3 is 0.817 bits per heavy atom. The van der Waals surface area contributed by atoms with Crippen LogP contribution in [0.1, 0.15) is 367 Å². The quantitative estimate of drug-likeness (QED) is 0.0361. The van der Waals surface area contributed by atoms with Gasteiger partial charge in [-0.2, -0.15) is 0 Å². The van der Waals surface area contributed by atoms with E-state index in [9.17, 15) is 20.1 Å². The van der Waals surface area contributed by atoms with Crippen molar-refractivity contribution in [2.45, 2.75) is 385 Å². The first kappa shape index (κ1) is 69.8. The molecule has 5 nitrogen and oxygen atoms in total. The Labute approximate surface area is 445 Å². The van der Waals surface area contributed by atoms with Crippen molar-refractivity contribution in [3.8, 4) is 0 Å². The molecular weight excluding hydrogens is 871 g/mol. The Kier molecular flexibility index (Phi) is 60.4. The van der Waals surface area contributed by atoms with Crippen molar-refractivity contribution in [3.63, 3.8) is 0 Å². The van der Waals surface area contributed by atoms with E-state index in [1.54, 1.807) is 6.08 Å². The number of rotatable bonds is 61. The number of nitrogens with one attached hydrogen (secondary N) is 1. The van der Waals surface area contributed by atoms with Gasteiger partial charge in [0.2, 0.25) is 5.91 Å². The van der Waals surface area contributed by atoms with Gasteiger partial charge >= 0.3 is 0 Å². The number of hydrogen-bond acceptors (Lipinski definition) is 4. The minimum absolute atomic E-state index is 0.360. The van der Waals surface area contributed by atoms with Crippen molar-refractivity contribution < 1.29 is 20.1 Å². The summed E-state index contributed by atoms with van der Waals surface area (Å²) in [5.74, 6) is -0.496. The zero-order valence-electron chi connectivity index (χ0n) is 48.4. The average Bonchev–Trinajstić information content (AvgIpc) is 3.38. The summed E-state index contributed by atoms with van der Waals surface area (Å²) in [4.78, 5) is 12.6. The SMILES string of the molecule is CCCCCCCCCCCCCCCCCCC/C=C/C(O)C(CO)NC(=O)C(O)CCCCCCCCCCCCCCCCCC/C=C\CCCCCCCCCCCCCCCCCCCC. The highest BCUT2D eigenvalue weighted by Gasteiger charge is 2.22. The Bertz CT molecular complexity index is 1060. The fraction of sp³-hybridized carbons (Fsp3) is 0.924. The lowest BCUT2D eigenvalue weighted by Crippen LogP contribution is -2.48. The molecule has 0 aliphatic rings. The van der Waals surface area contributed by atoms with Crippen molar-refractivity contribution in [1.29, 1.82) is 0 Å². The molecule has 4 N–H and O–H groups in total. The van der Waals surface area contributed by atoms with Crippen LogP contribution >= 0.6 is 0 Å². The van der Waals surface area contributed by atoms with Gasteiger partial charge in [-0.3, -0.25) is 4.79 Å². The molecule has 0 heterocycles. The Morgan fingerprint density at radius 2 is 0.563 bits per heavy atom. The van der Waals surface area contributed by atoms with Crippen molar-refractivity contribution in [2.75, 3.05) is 6.61 Å². The highest BCUT2D eigenvalue weighted by molar-refractivity contribution is 5.80. The lowest BCUT2D eigenvalue weighted by Gasteiger charge is -2.21. The molecule has 3 unspecified atom stereocenters. The minimum atomic E-state index is -1.10. The molecule has 1 amide bonds. The van der Waals surface area contributed by atoms with E-state index in [1.165, 1.54) is 315 Å². The van der Waals surface area contributed by atoms with E-state index in [0.717, 1.165) is 32.1 Å². The van der Waals surface area contributed by atoms with Crippen LogP contribution in [0.25, 0.3) is 0 Å². The van der Waals surface area contributed by atoms with E-state index in [-0.39, 0.29) is 6.61 Å². The third-order valence-electron chi connectivity index (χ3n) is 15.5. The Hall–Kier alpha value is -1.17. The molecule has 422 valence electrons. The summed E-state index contributed by atoms with van der Waals surface area (Å²) in [6.45, 7) is 4.23. The lowest BCUT2D eigenvalue weighted by atomic mass is 10.0. The topological polar surface area (TPSA) is 89.8 Å². The summed E-state index contributed by atoms with van der Waals surface area (Å²) in [7, 11) is 0. The number of unbranched alkanes of at least 4 members (excludes halogenated alkanes) is 51. The van der Waals surface area contributed by atoms with Crippen LogP contribution in [0.15, 0.2) is 24.3 Å². The van der Waals surface area contributed by atoms with Crippen LogP contribution in [0, 0.1) is 0 Å². The monoisotopic (exact) mass is 1000 g/mol. The molecule has 0 aliphatic carbocycles. The standard InChI is InChI=1S/C66H129NO4/c1-3-5-7-9-11-13-15-17-19-21-23-24-25-26-27-28-29-30-31-32-33-34-35-36-37-38-39-40-41-43-45-47-49-51-53-55-57-59-61-65(70)66(71)67-63(62-68)64(69)60-58-56-54-52-50-48-46-44-42-22-20-18-16-14-12-10-8-6-4-2/h32-33,58,60,63-65,68-70H,3-31,34-57,59,61-62H2,1-2H3,(H,67,71)/b33-32-,60-58+. The van der Waals surface area contributed by atoms with E-state index < -0.39 is 24.2 Å². The zero-order chi connectivity index (χ0) is 51.4. The number of allylic oxidation sites excluding steroid dienone is 3. The molecule has 0 radical (unpaired) electrons. The number of aliphatic hydroxyl groups excluding tert-OH is 3. The van der Waals surface area contributed by atoms with Crippen LogP contribution in [-0.2, 0) is 4.79 Å². The third-order valence-corrected chi connectivity index (χ3v) is 15.5. The van der Waals surface area contributed by atoms with Gasteiger partial charge in [-0.25, -0.2) is 0 Å². The van der Waals surface area contributed by atoms with Crippen LogP contribution < -0.4 is 5.32 Å². The fourth-order valence-corrected chi connectivity index (χ4v) is 10.5. The maximum atomic E-state index is 12.6. The normalized spacial score (nSPS) is 13.3. The molecule has 0 rings (SSSR count). The van der Waals surface area contributed by atoms with Gasteiger partial charge in [0.1, 0.15) is 6.10 Å². The van der Waals surface area contributed by atoms with Gasteiger partial charge in [-0.15, -0.1) is 0 Å². The number of hydrogen-bond donors (Lipinski definition) is 4. The van der Waals surface area contributed by atoms with Gasteiger partial charge in [-0.05, 0) is 44.9 Å². The summed E-state index contributed by atoms with van der Waals surface area (Å²) >= 11 is 0. The minimum Gasteiger partial charge on any atom is -0.394 e. The van der Waals surface area contributed by atoms with Gasteiger partial charge in [0, 0.05) is 0 Å². The highest BCUT2D eigenvalue weighted by Crippen LogP contribution is 2.19. The lowest BCUT2D eigenvalue weighted by molar-refractivity contribution is -0.131. The first-order chi connectivity index (χ1) is 35.1. The van der Waals surface area contributed by atoms with E-state index >= 15 is 0 Å². The predicted molar refractivity (Wildman–Crippen MR) is 315 cm³/mol. The molecule has 0 aromatic heterocycles. The van der Waals surface area contributed by atoms with Gasteiger partial charge in [-0.1, -0.05) is 346 Å². The first-order valence-electron chi connectivity index (χ1n) is 32.7. The maximum Gasteiger partial charge on any atom is 0.249 e. The Balaban J connectivity index is 3.46. The van der Waals surface area contributed by atoms with E-state index in [0.29, 0.717) is 6.42 Å². The second kappa shape index (κ2) is 61.4. The maximum absolute atomic E-state index is 12.6. The van der Waals surface area contributed by atoms with Crippen molar-refractivity contribution in [3.05, 3.63) is 24.3 Å². The average molecular weight is 1000 g/mol.